The number of hydrogen-bond donors (Lipinski definition) is 2. The number of fused-ring (bicyclic) bond motifs is 1. The highest BCUT2D eigenvalue weighted by Crippen LogP contribution is 2.31. The number of rotatable bonds is 5. The zero-order chi connectivity index (χ0) is 19.7. The lowest BCUT2D eigenvalue weighted by Gasteiger charge is -2.25. The SMILES string of the molecule is Cc1cccc(NC(=O)CN2CCc3nc(NC(=O)C4CCC4)sc3C2)c1C. The standard InChI is InChI=1S/C21H26N4O2S/c1-13-5-3-8-16(14(13)2)22-19(26)12-25-10-9-17-18(11-25)28-21(23-17)24-20(27)15-6-4-7-15/h3,5,8,15H,4,6-7,9-12H2,1-2H3,(H,22,26)(H,23,24,27). The van der Waals surface area contributed by atoms with E-state index in [2.05, 4.69) is 20.5 Å². The molecule has 0 spiro atoms. The predicted octanol–water partition coefficient (Wildman–Crippen LogP) is 3.50. The van der Waals surface area contributed by atoms with Crippen molar-refractivity contribution >= 4 is 34.0 Å². The third-order valence-electron chi connectivity index (χ3n) is 5.76. The quantitative estimate of drug-likeness (QED) is 0.808. The first kappa shape index (κ1) is 19.1. The molecule has 0 radical (unpaired) electrons. The molecule has 2 aliphatic rings. The summed E-state index contributed by atoms with van der Waals surface area (Å²) < 4.78 is 0. The second kappa shape index (κ2) is 8.01. The maximum atomic E-state index is 12.5. The van der Waals surface area contributed by atoms with Crippen LogP contribution in [0.2, 0.25) is 0 Å². The number of hydrogen-bond acceptors (Lipinski definition) is 5. The van der Waals surface area contributed by atoms with Crippen LogP contribution in [0.5, 0.6) is 0 Å². The Bertz CT molecular complexity index is 904. The number of aromatic nitrogens is 1. The number of benzene rings is 1. The van der Waals surface area contributed by atoms with E-state index in [9.17, 15) is 9.59 Å². The molecule has 1 saturated carbocycles. The summed E-state index contributed by atoms with van der Waals surface area (Å²) in [6.45, 7) is 5.92. The van der Waals surface area contributed by atoms with Crippen molar-refractivity contribution in [2.45, 2.75) is 46.1 Å². The molecule has 1 aromatic carbocycles. The minimum absolute atomic E-state index is 0.000162. The average Bonchev–Trinajstić information content (AvgIpc) is 2.98. The Morgan fingerprint density at radius 2 is 2.07 bits per heavy atom. The lowest BCUT2D eigenvalue weighted by atomic mass is 9.85. The second-order valence-electron chi connectivity index (χ2n) is 7.76. The van der Waals surface area contributed by atoms with Gasteiger partial charge in [0.2, 0.25) is 11.8 Å². The Balaban J connectivity index is 1.34. The minimum Gasteiger partial charge on any atom is -0.325 e. The number of nitrogens with zero attached hydrogens (tertiary/aromatic N) is 2. The van der Waals surface area contributed by atoms with Crippen molar-refractivity contribution < 1.29 is 9.59 Å². The van der Waals surface area contributed by atoms with Crippen LogP contribution in [0.4, 0.5) is 10.8 Å². The molecule has 0 saturated heterocycles. The molecule has 1 aliphatic carbocycles. The molecule has 0 bridgehead atoms. The van der Waals surface area contributed by atoms with Crippen LogP contribution < -0.4 is 10.6 Å². The van der Waals surface area contributed by atoms with E-state index in [4.69, 9.17) is 0 Å². The van der Waals surface area contributed by atoms with Crippen LogP contribution in [0, 0.1) is 19.8 Å². The fourth-order valence-electron chi connectivity index (χ4n) is 3.59. The first-order valence-electron chi connectivity index (χ1n) is 9.87. The molecule has 0 unspecified atom stereocenters. The Kier molecular flexibility index (Phi) is 5.46. The summed E-state index contributed by atoms with van der Waals surface area (Å²) in [5.74, 6) is 0.258. The van der Waals surface area contributed by atoms with Crippen LogP contribution >= 0.6 is 11.3 Å². The number of anilines is 2. The monoisotopic (exact) mass is 398 g/mol. The fourth-order valence-corrected chi connectivity index (χ4v) is 4.65. The molecule has 1 aromatic heterocycles. The maximum absolute atomic E-state index is 12.5. The molecule has 1 aliphatic heterocycles. The van der Waals surface area contributed by atoms with Gasteiger partial charge in [-0.05, 0) is 43.9 Å². The summed E-state index contributed by atoms with van der Waals surface area (Å²) in [5.41, 5.74) is 4.20. The van der Waals surface area contributed by atoms with Crippen molar-refractivity contribution in [1.29, 1.82) is 0 Å². The van der Waals surface area contributed by atoms with E-state index in [1.165, 1.54) is 16.9 Å². The van der Waals surface area contributed by atoms with Crippen molar-refractivity contribution in [3.63, 3.8) is 0 Å². The molecule has 6 nitrogen and oxygen atoms in total. The van der Waals surface area contributed by atoms with Gasteiger partial charge in [-0.15, -0.1) is 11.3 Å². The van der Waals surface area contributed by atoms with Crippen LogP contribution in [0.3, 0.4) is 0 Å². The van der Waals surface area contributed by atoms with E-state index in [1.807, 2.05) is 32.0 Å². The van der Waals surface area contributed by atoms with Gasteiger partial charge in [0.1, 0.15) is 0 Å². The van der Waals surface area contributed by atoms with Gasteiger partial charge in [0, 0.05) is 36.0 Å². The number of amides is 2. The van der Waals surface area contributed by atoms with Gasteiger partial charge in [-0.3, -0.25) is 14.5 Å². The molecular weight excluding hydrogens is 372 g/mol. The van der Waals surface area contributed by atoms with Crippen LogP contribution in [-0.4, -0.2) is 34.8 Å². The lowest BCUT2D eigenvalue weighted by molar-refractivity contribution is -0.122. The van der Waals surface area contributed by atoms with Crippen LogP contribution in [0.15, 0.2) is 18.2 Å². The Morgan fingerprint density at radius 1 is 1.25 bits per heavy atom. The summed E-state index contributed by atoms with van der Waals surface area (Å²) in [6.07, 6.45) is 3.92. The van der Waals surface area contributed by atoms with Gasteiger partial charge in [-0.2, -0.15) is 0 Å². The zero-order valence-electron chi connectivity index (χ0n) is 16.4. The Hall–Kier alpha value is -2.25. The van der Waals surface area contributed by atoms with E-state index >= 15 is 0 Å². The predicted molar refractivity (Wildman–Crippen MR) is 112 cm³/mol. The molecular formula is C21H26N4O2S. The molecule has 2 aromatic rings. The summed E-state index contributed by atoms with van der Waals surface area (Å²) >= 11 is 1.54. The van der Waals surface area contributed by atoms with E-state index in [-0.39, 0.29) is 17.7 Å². The molecule has 0 atom stereocenters. The minimum atomic E-state index is 0.000162. The van der Waals surface area contributed by atoms with E-state index in [0.717, 1.165) is 54.0 Å². The van der Waals surface area contributed by atoms with Crippen molar-refractivity contribution in [2.75, 3.05) is 23.7 Å². The first-order chi connectivity index (χ1) is 13.5. The Labute approximate surface area is 169 Å². The first-order valence-corrected chi connectivity index (χ1v) is 10.7. The van der Waals surface area contributed by atoms with Gasteiger partial charge >= 0.3 is 0 Å². The van der Waals surface area contributed by atoms with Gasteiger partial charge in [0.15, 0.2) is 5.13 Å². The molecule has 1 fully saturated rings. The number of aryl methyl sites for hydroxylation is 1. The number of carbonyl (C=O) groups is 2. The van der Waals surface area contributed by atoms with E-state index in [0.29, 0.717) is 18.2 Å². The molecule has 4 rings (SSSR count). The highest BCUT2D eigenvalue weighted by atomic mass is 32.1. The Morgan fingerprint density at radius 3 is 2.82 bits per heavy atom. The summed E-state index contributed by atoms with van der Waals surface area (Å²) in [5, 5.41) is 6.70. The largest absolute Gasteiger partial charge is 0.325 e. The topological polar surface area (TPSA) is 74.3 Å². The van der Waals surface area contributed by atoms with Crippen molar-refractivity contribution in [3.8, 4) is 0 Å². The maximum Gasteiger partial charge on any atom is 0.238 e. The second-order valence-corrected chi connectivity index (χ2v) is 8.85. The van der Waals surface area contributed by atoms with Crippen LogP contribution in [0.1, 0.15) is 41.0 Å². The van der Waals surface area contributed by atoms with Gasteiger partial charge in [-0.1, -0.05) is 18.6 Å². The summed E-state index contributed by atoms with van der Waals surface area (Å²) in [6, 6.07) is 5.94. The van der Waals surface area contributed by atoms with Gasteiger partial charge < -0.3 is 10.6 Å². The van der Waals surface area contributed by atoms with Gasteiger partial charge in [0.05, 0.1) is 12.2 Å². The summed E-state index contributed by atoms with van der Waals surface area (Å²) in [7, 11) is 0. The van der Waals surface area contributed by atoms with Gasteiger partial charge in [-0.25, -0.2) is 4.98 Å². The number of nitrogens with one attached hydrogen (secondary N) is 2. The van der Waals surface area contributed by atoms with Crippen LogP contribution in [-0.2, 0) is 22.6 Å². The van der Waals surface area contributed by atoms with Crippen molar-refractivity contribution in [1.82, 2.24) is 9.88 Å². The van der Waals surface area contributed by atoms with Crippen molar-refractivity contribution in [2.24, 2.45) is 5.92 Å². The molecule has 28 heavy (non-hydrogen) atoms. The van der Waals surface area contributed by atoms with Gasteiger partial charge in [0.25, 0.3) is 0 Å². The number of carbonyl (C=O) groups excluding carboxylic acids is 2. The smallest absolute Gasteiger partial charge is 0.238 e. The third kappa shape index (κ3) is 4.10. The molecule has 148 valence electrons. The number of thiazole rings is 1. The van der Waals surface area contributed by atoms with Crippen molar-refractivity contribution in [3.05, 3.63) is 39.9 Å². The molecule has 2 heterocycles. The highest BCUT2D eigenvalue weighted by Gasteiger charge is 2.27. The molecule has 7 heteroatoms. The highest BCUT2D eigenvalue weighted by molar-refractivity contribution is 7.15. The average molecular weight is 399 g/mol. The van der Waals surface area contributed by atoms with E-state index in [1.54, 1.807) is 0 Å². The molecule has 2 N–H and O–H groups in total. The summed E-state index contributed by atoms with van der Waals surface area (Å²) in [4.78, 5) is 32.5. The van der Waals surface area contributed by atoms with E-state index < -0.39 is 0 Å². The molecule has 2 amide bonds. The fraction of sp³-hybridized carbons (Fsp3) is 0.476. The zero-order valence-corrected chi connectivity index (χ0v) is 17.2. The third-order valence-corrected chi connectivity index (χ3v) is 6.76. The lowest BCUT2D eigenvalue weighted by Crippen LogP contribution is -2.36. The van der Waals surface area contributed by atoms with Crippen LogP contribution in [0.25, 0.3) is 0 Å². The normalized spacial score (nSPS) is 16.9.